The Morgan fingerprint density at radius 2 is 1.72 bits per heavy atom. The molecule has 0 saturated carbocycles. The average molecular weight is 355 g/mol. The molecule has 0 spiro atoms. The number of ether oxygens (including phenoxy) is 1. The van der Waals surface area contributed by atoms with Crippen LogP contribution in [0.4, 0.5) is 18.0 Å². The molecule has 6 heteroatoms. The Hall–Kier alpha value is -1.98. The fourth-order valence-corrected chi connectivity index (χ4v) is 2.63. The summed E-state index contributed by atoms with van der Waals surface area (Å²) in [4.78, 5) is 13.6. The van der Waals surface area contributed by atoms with Crippen molar-refractivity contribution in [2.24, 2.45) is 5.92 Å². The third-order valence-corrected chi connectivity index (χ3v) is 4.00. The molecule has 0 unspecified atom stereocenters. The zero-order valence-corrected chi connectivity index (χ0v) is 14.8. The van der Waals surface area contributed by atoms with Crippen LogP contribution in [0.3, 0.4) is 0 Å². The first-order valence-electron chi connectivity index (χ1n) is 8.38. The molecule has 1 fully saturated rings. The maximum Gasteiger partial charge on any atom is 0.410 e. The second-order valence-corrected chi connectivity index (χ2v) is 7.29. The van der Waals surface area contributed by atoms with Gasteiger partial charge in [0.25, 0.3) is 5.92 Å². The van der Waals surface area contributed by atoms with Crippen LogP contribution in [0.15, 0.2) is 36.4 Å². The van der Waals surface area contributed by atoms with Crippen molar-refractivity contribution in [3.63, 3.8) is 0 Å². The van der Waals surface area contributed by atoms with E-state index < -0.39 is 17.3 Å². The van der Waals surface area contributed by atoms with Gasteiger partial charge in [-0.2, -0.15) is 8.78 Å². The van der Waals surface area contributed by atoms with Gasteiger partial charge in [-0.3, -0.25) is 0 Å². The Morgan fingerprint density at radius 3 is 2.24 bits per heavy atom. The van der Waals surface area contributed by atoms with E-state index in [-0.39, 0.29) is 17.6 Å². The molecular weight excluding hydrogens is 331 g/mol. The first-order chi connectivity index (χ1) is 11.6. The molecule has 1 aromatic carbocycles. The molecule has 1 aliphatic rings. The maximum absolute atomic E-state index is 14.1. The number of alkyl halides is 2. The highest BCUT2D eigenvalue weighted by molar-refractivity contribution is 5.68. The first-order valence-corrected chi connectivity index (χ1v) is 8.38. The number of nitrogens with zero attached hydrogens (tertiary/aromatic N) is 1. The second-order valence-electron chi connectivity index (χ2n) is 7.29. The summed E-state index contributed by atoms with van der Waals surface area (Å²) in [6.07, 6.45) is 3.21. The number of rotatable bonds is 3. The highest BCUT2D eigenvalue weighted by atomic mass is 19.3. The number of hydrogen-bond donors (Lipinski definition) is 0. The quantitative estimate of drug-likeness (QED) is 0.704. The summed E-state index contributed by atoms with van der Waals surface area (Å²) in [6, 6.07) is 4.22. The third-order valence-electron chi connectivity index (χ3n) is 4.00. The minimum atomic E-state index is -3.14. The first kappa shape index (κ1) is 19.3. The Bertz CT molecular complexity index is 613. The van der Waals surface area contributed by atoms with Crippen LogP contribution in [0.5, 0.6) is 0 Å². The topological polar surface area (TPSA) is 29.5 Å². The van der Waals surface area contributed by atoms with E-state index in [1.165, 1.54) is 6.08 Å². The molecule has 1 aromatic rings. The van der Waals surface area contributed by atoms with Crippen LogP contribution >= 0.6 is 0 Å². The molecule has 0 aromatic heterocycles. The van der Waals surface area contributed by atoms with Gasteiger partial charge in [-0.05, 0) is 69.9 Å². The van der Waals surface area contributed by atoms with Crippen molar-refractivity contribution in [2.45, 2.75) is 45.1 Å². The number of amides is 1. The summed E-state index contributed by atoms with van der Waals surface area (Å²) in [5.74, 6) is -3.71. The van der Waals surface area contributed by atoms with E-state index >= 15 is 0 Å². The minimum Gasteiger partial charge on any atom is -0.444 e. The number of likely N-dealkylation sites (tertiary alicyclic amines) is 1. The van der Waals surface area contributed by atoms with E-state index in [2.05, 4.69) is 0 Å². The van der Waals surface area contributed by atoms with Crippen LogP contribution < -0.4 is 0 Å². The van der Waals surface area contributed by atoms with Crippen molar-refractivity contribution in [3.05, 3.63) is 47.8 Å². The number of halogens is 3. The molecule has 0 N–H and O–H groups in total. The summed E-state index contributed by atoms with van der Waals surface area (Å²) in [6.45, 7) is 6.37. The predicted molar refractivity (Wildman–Crippen MR) is 90.0 cm³/mol. The summed E-state index contributed by atoms with van der Waals surface area (Å²) < 4.78 is 46.4. The Balaban J connectivity index is 1.89. The molecule has 0 aliphatic carbocycles. The van der Waals surface area contributed by atoms with Crippen molar-refractivity contribution in [2.75, 3.05) is 13.1 Å². The molecule has 1 amide bonds. The van der Waals surface area contributed by atoms with Gasteiger partial charge >= 0.3 is 6.09 Å². The van der Waals surface area contributed by atoms with Crippen LogP contribution in [0.25, 0.3) is 0 Å². The number of carbonyl (C=O) groups is 1. The molecule has 0 radical (unpaired) electrons. The smallest absolute Gasteiger partial charge is 0.410 e. The van der Waals surface area contributed by atoms with Gasteiger partial charge < -0.3 is 9.64 Å². The number of hydrogen-bond acceptors (Lipinski definition) is 2. The lowest BCUT2D eigenvalue weighted by molar-refractivity contribution is 0.0193. The van der Waals surface area contributed by atoms with E-state index in [0.29, 0.717) is 25.9 Å². The van der Waals surface area contributed by atoms with Crippen molar-refractivity contribution < 1.29 is 22.7 Å². The van der Waals surface area contributed by atoms with Gasteiger partial charge in [0, 0.05) is 18.7 Å². The largest absolute Gasteiger partial charge is 0.444 e. The molecule has 0 bridgehead atoms. The maximum atomic E-state index is 14.1. The summed E-state index contributed by atoms with van der Waals surface area (Å²) >= 11 is 0. The van der Waals surface area contributed by atoms with Gasteiger partial charge in [0.1, 0.15) is 11.4 Å². The lowest BCUT2D eigenvalue weighted by Gasteiger charge is -2.32. The predicted octanol–water partition coefficient (Wildman–Crippen LogP) is 5.12. The van der Waals surface area contributed by atoms with E-state index in [0.717, 1.165) is 30.3 Å². The van der Waals surface area contributed by atoms with Crippen molar-refractivity contribution in [1.29, 1.82) is 0 Å². The molecule has 1 saturated heterocycles. The van der Waals surface area contributed by atoms with Crippen molar-refractivity contribution in [1.82, 2.24) is 4.90 Å². The molecule has 0 atom stereocenters. The van der Waals surface area contributed by atoms with Gasteiger partial charge in [-0.15, -0.1) is 0 Å². The summed E-state index contributed by atoms with van der Waals surface area (Å²) in [7, 11) is 0. The van der Waals surface area contributed by atoms with Crippen molar-refractivity contribution >= 4 is 6.09 Å². The molecule has 2 rings (SSSR count). The average Bonchev–Trinajstić information content (AvgIpc) is 2.52. The van der Waals surface area contributed by atoms with Crippen LogP contribution in [0.2, 0.25) is 0 Å². The molecule has 3 nitrogen and oxygen atoms in total. The molecule has 1 heterocycles. The summed E-state index contributed by atoms with van der Waals surface area (Å²) in [5.41, 5.74) is -0.790. The lowest BCUT2D eigenvalue weighted by Crippen LogP contribution is -2.41. The standard InChI is InChI=1S/C19H24F3NO2/c1-18(2,3)25-17(24)23-12-9-14(10-13-23)8-11-19(21,22)15-4-6-16(20)7-5-15/h4-8,11,14H,9-10,12-13H2,1-3H3. The number of benzene rings is 1. The van der Waals surface area contributed by atoms with Crippen LogP contribution in [0.1, 0.15) is 39.2 Å². The monoisotopic (exact) mass is 355 g/mol. The van der Waals surface area contributed by atoms with Gasteiger partial charge in [0.05, 0.1) is 0 Å². The highest BCUT2D eigenvalue weighted by Gasteiger charge is 2.30. The fourth-order valence-electron chi connectivity index (χ4n) is 2.63. The van der Waals surface area contributed by atoms with Gasteiger partial charge in [-0.1, -0.05) is 6.08 Å². The van der Waals surface area contributed by atoms with E-state index in [4.69, 9.17) is 4.74 Å². The Kier molecular flexibility index (Phi) is 5.80. The highest BCUT2D eigenvalue weighted by Crippen LogP contribution is 2.31. The molecule has 25 heavy (non-hydrogen) atoms. The lowest BCUT2D eigenvalue weighted by atomic mass is 9.95. The minimum absolute atomic E-state index is 0.0231. The molecular formula is C19H24F3NO2. The number of carbonyl (C=O) groups excluding carboxylic acids is 1. The normalized spacial score (nSPS) is 17.1. The second kappa shape index (κ2) is 7.50. The van der Waals surface area contributed by atoms with Gasteiger partial charge in [0.15, 0.2) is 0 Å². The van der Waals surface area contributed by atoms with Crippen molar-refractivity contribution in [3.8, 4) is 0 Å². The van der Waals surface area contributed by atoms with Gasteiger partial charge in [0.2, 0.25) is 0 Å². The zero-order chi connectivity index (χ0) is 18.7. The third kappa shape index (κ3) is 5.80. The number of allylic oxidation sites excluding steroid dienone is 2. The van der Waals surface area contributed by atoms with E-state index in [1.54, 1.807) is 25.7 Å². The van der Waals surface area contributed by atoms with Gasteiger partial charge in [-0.25, -0.2) is 9.18 Å². The summed E-state index contributed by atoms with van der Waals surface area (Å²) in [5, 5.41) is 0. The molecule has 1 aliphatic heterocycles. The Morgan fingerprint density at radius 1 is 1.16 bits per heavy atom. The molecule has 138 valence electrons. The SMILES string of the molecule is CC(C)(C)OC(=O)N1CCC(C=CC(F)(F)c2ccc(F)cc2)CC1. The van der Waals surface area contributed by atoms with Crippen LogP contribution in [-0.2, 0) is 10.7 Å². The van der Waals surface area contributed by atoms with Crippen LogP contribution in [0, 0.1) is 11.7 Å². The van der Waals surface area contributed by atoms with E-state index in [9.17, 15) is 18.0 Å². The van der Waals surface area contributed by atoms with Crippen LogP contribution in [-0.4, -0.2) is 29.7 Å². The number of piperidine rings is 1. The zero-order valence-electron chi connectivity index (χ0n) is 14.8. The Labute approximate surface area is 146 Å². The van der Waals surface area contributed by atoms with E-state index in [1.807, 2.05) is 0 Å². The fraction of sp³-hybridized carbons (Fsp3) is 0.526.